The van der Waals surface area contributed by atoms with E-state index >= 15 is 0 Å². The standard InChI is InChI=1S/C20H17N3O2S/c1-2-25-18-10-6-4-8-14(18)17-12-26-20(22-17)23-19(24)16-11-13-7-3-5-9-15(13)21-16/h3-12,21H,2H2,1H3,(H,22,23,24). The number of ether oxygens (including phenoxy) is 1. The van der Waals surface area contributed by atoms with Gasteiger partial charge in [-0.25, -0.2) is 4.98 Å². The van der Waals surface area contributed by atoms with Gasteiger partial charge in [-0.3, -0.25) is 10.1 Å². The number of carbonyl (C=O) groups excluding carboxylic acids is 1. The van der Waals surface area contributed by atoms with Gasteiger partial charge in [0.1, 0.15) is 11.4 Å². The molecular formula is C20H17N3O2S. The number of fused-ring (bicyclic) bond motifs is 1. The molecule has 1 amide bonds. The molecule has 0 saturated carbocycles. The number of hydrogen-bond donors (Lipinski definition) is 2. The summed E-state index contributed by atoms with van der Waals surface area (Å²) in [5.74, 6) is 0.578. The molecule has 0 spiro atoms. The molecule has 4 rings (SSSR count). The average molecular weight is 363 g/mol. The van der Waals surface area contributed by atoms with Gasteiger partial charge < -0.3 is 9.72 Å². The summed E-state index contributed by atoms with van der Waals surface area (Å²) in [6.45, 7) is 2.54. The first-order valence-corrected chi connectivity index (χ1v) is 9.19. The van der Waals surface area contributed by atoms with Crippen LogP contribution in [0.1, 0.15) is 17.4 Å². The van der Waals surface area contributed by atoms with Crippen molar-refractivity contribution >= 4 is 33.3 Å². The van der Waals surface area contributed by atoms with Gasteiger partial charge in [0.15, 0.2) is 5.13 Å². The highest BCUT2D eigenvalue weighted by molar-refractivity contribution is 7.14. The fourth-order valence-electron chi connectivity index (χ4n) is 2.77. The predicted octanol–water partition coefficient (Wildman–Crippen LogP) is 4.94. The highest BCUT2D eigenvalue weighted by Crippen LogP contribution is 2.32. The molecule has 5 nitrogen and oxygen atoms in total. The number of carbonyl (C=O) groups is 1. The Hall–Kier alpha value is -3.12. The Balaban J connectivity index is 1.56. The molecule has 0 radical (unpaired) electrons. The zero-order valence-electron chi connectivity index (χ0n) is 14.2. The maximum Gasteiger partial charge on any atom is 0.273 e. The van der Waals surface area contributed by atoms with Gasteiger partial charge in [-0.15, -0.1) is 11.3 Å². The van der Waals surface area contributed by atoms with Crippen LogP contribution in [0.15, 0.2) is 60.0 Å². The third kappa shape index (κ3) is 3.19. The molecule has 0 atom stereocenters. The highest BCUT2D eigenvalue weighted by atomic mass is 32.1. The van der Waals surface area contributed by atoms with E-state index in [0.717, 1.165) is 27.9 Å². The lowest BCUT2D eigenvalue weighted by molar-refractivity contribution is 0.102. The highest BCUT2D eigenvalue weighted by Gasteiger charge is 2.14. The Bertz CT molecular complexity index is 1030. The Kier molecular flexibility index (Phi) is 4.41. The maximum atomic E-state index is 12.5. The molecule has 2 aromatic carbocycles. The summed E-state index contributed by atoms with van der Waals surface area (Å²) in [5.41, 5.74) is 3.14. The molecule has 0 aliphatic heterocycles. The van der Waals surface area contributed by atoms with Gasteiger partial charge in [0, 0.05) is 21.8 Å². The van der Waals surface area contributed by atoms with Gasteiger partial charge in [0.25, 0.3) is 5.91 Å². The van der Waals surface area contributed by atoms with E-state index in [2.05, 4.69) is 15.3 Å². The second kappa shape index (κ2) is 7.01. The second-order valence-electron chi connectivity index (χ2n) is 5.69. The Morgan fingerprint density at radius 3 is 2.85 bits per heavy atom. The Morgan fingerprint density at radius 1 is 1.19 bits per heavy atom. The van der Waals surface area contributed by atoms with Gasteiger partial charge in [0.2, 0.25) is 0 Å². The first kappa shape index (κ1) is 16.4. The zero-order valence-corrected chi connectivity index (χ0v) is 15.0. The van der Waals surface area contributed by atoms with Crippen LogP contribution < -0.4 is 10.1 Å². The number of nitrogens with one attached hydrogen (secondary N) is 2. The lowest BCUT2D eigenvalue weighted by Crippen LogP contribution is -2.11. The summed E-state index contributed by atoms with van der Waals surface area (Å²) in [6.07, 6.45) is 0. The van der Waals surface area contributed by atoms with Crippen molar-refractivity contribution in [1.29, 1.82) is 0 Å². The summed E-state index contributed by atoms with van der Waals surface area (Å²) in [4.78, 5) is 20.2. The summed E-state index contributed by atoms with van der Waals surface area (Å²) in [5, 5.41) is 6.33. The number of aromatic amines is 1. The molecule has 2 aromatic heterocycles. The molecule has 0 aliphatic carbocycles. The van der Waals surface area contributed by atoms with Crippen LogP contribution in [0.25, 0.3) is 22.2 Å². The van der Waals surface area contributed by atoms with Crippen LogP contribution in [0.5, 0.6) is 5.75 Å². The second-order valence-corrected chi connectivity index (χ2v) is 6.55. The molecule has 2 N–H and O–H groups in total. The minimum Gasteiger partial charge on any atom is -0.493 e. The van der Waals surface area contributed by atoms with Crippen LogP contribution >= 0.6 is 11.3 Å². The van der Waals surface area contributed by atoms with Crippen molar-refractivity contribution in [2.45, 2.75) is 6.92 Å². The Morgan fingerprint density at radius 2 is 2.00 bits per heavy atom. The Labute approximate surface area is 154 Å². The number of thiazole rings is 1. The molecule has 130 valence electrons. The minimum absolute atomic E-state index is 0.208. The topological polar surface area (TPSA) is 67.0 Å². The monoisotopic (exact) mass is 363 g/mol. The van der Waals surface area contributed by atoms with E-state index in [9.17, 15) is 4.79 Å². The van der Waals surface area contributed by atoms with Crippen LogP contribution in [0.3, 0.4) is 0 Å². The quantitative estimate of drug-likeness (QED) is 0.528. The number of amides is 1. The number of aromatic nitrogens is 2. The molecule has 0 fully saturated rings. The lowest BCUT2D eigenvalue weighted by atomic mass is 10.1. The van der Waals surface area contributed by atoms with E-state index in [-0.39, 0.29) is 5.91 Å². The summed E-state index contributed by atoms with van der Waals surface area (Å²) >= 11 is 1.39. The fourth-order valence-corrected chi connectivity index (χ4v) is 3.48. The molecule has 0 unspecified atom stereocenters. The zero-order chi connectivity index (χ0) is 17.9. The van der Waals surface area contributed by atoms with Crippen molar-refractivity contribution < 1.29 is 9.53 Å². The number of benzene rings is 2. The van der Waals surface area contributed by atoms with Crippen molar-refractivity contribution in [1.82, 2.24) is 9.97 Å². The smallest absolute Gasteiger partial charge is 0.273 e. The van der Waals surface area contributed by atoms with Crippen molar-refractivity contribution in [3.05, 3.63) is 65.7 Å². The summed E-state index contributed by atoms with van der Waals surface area (Å²) in [6, 6.07) is 17.4. The number of nitrogens with zero attached hydrogens (tertiary/aromatic N) is 1. The van der Waals surface area contributed by atoms with Crippen LogP contribution in [0, 0.1) is 0 Å². The molecular weight excluding hydrogens is 346 g/mol. The van der Waals surface area contributed by atoms with Crippen LogP contribution in [-0.2, 0) is 0 Å². The van der Waals surface area contributed by atoms with E-state index in [1.807, 2.05) is 66.9 Å². The normalized spacial score (nSPS) is 10.8. The number of rotatable bonds is 5. The summed E-state index contributed by atoms with van der Waals surface area (Å²) in [7, 11) is 0. The minimum atomic E-state index is -0.208. The van der Waals surface area contributed by atoms with Crippen molar-refractivity contribution in [3.63, 3.8) is 0 Å². The molecule has 4 aromatic rings. The maximum absolute atomic E-state index is 12.5. The van der Waals surface area contributed by atoms with Gasteiger partial charge in [-0.2, -0.15) is 0 Å². The van der Waals surface area contributed by atoms with Gasteiger partial charge in [-0.1, -0.05) is 30.3 Å². The van der Waals surface area contributed by atoms with Crippen molar-refractivity contribution in [3.8, 4) is 17.0 Å². The average Bonchev–Trinajstić information content (AvgIpc) is 3.29. The van der Waals surface area contributed by atoms with Crippen molar-refractivity contribution in [2.24, 2.45) is 0 Å². The SMILES string of the molecule is CCOc1ccccc1-c1csc(NC(=O)c2cc3ccccc3[nH]2)n1. The molecule has 0 aliphatic rings. The van der Waals surface area contributed by atoms with Gasteiger partial charge >= 0.3 is 0 Å². The molecule has 0 saturated heterocycles. The van der Waals surface area contributed by atoms with E-state index < -0.39 is 0 Å². The van der Waals surface area contributed by atoms with Gasteiger partial charge in [-0.05, 0) is 31.2 Å². The number of anilines is 1. The molecule has 26 heavy (non-hydrogen) atoms. The third-order valence-corrected chi connectivity index (χ3v) is 4.72. The van der Waals surface area contributed by atoms with Crippen LogP contribution in [-0.4, -0.2) is 22.5 Å². The van der Waals surface area contributed by atoms with Crippen molar-refractivity contribution in [2.75, 3.05) is 11.9 Å². The van der Waals surface area contributed by atoms with Gasteiger partial charge in [0.05, 0.1) is 12.3 Å². The first-order valence-electron chi connectivity index (χ1n) is 8.31. The molecule has 0 bridgehead atoms. The largest absolute Gasteiger partial charge is 0.493 e. The third-order valence-electron chi connectivity index (χ3n) is 3.96. The first-order chi connectivity index (χ1) is 12.7. The van der Waals surface area contributed by atoms with E-state index in [1.54, 1.807) is 0 Å². The van der Waals surface area contributed by atoms with Crippen LogP contribution in [0.4, 0.5) is 5.13 Å². The van der Waals surface area contributed by atoms with E-state index in [4.69, 9.17) is 4.74 Å². The molecule has 2 heterocycles. The molecule has 6 heteroatoms. The number of hydrogen-bond acceptors (Lipinski definition) is 4. The summed E-state index contributed by atoms with van der Waals surface area (Å²) < 4.78 is 5.66. The van der Waals surface area contributed by atoms with Crippen LogP contribution in [0.2, 0.25) is 0 Å². The van der Waals surface area contributed by atoms with E-state index in [0.29, 0.717) is 17.4 Å². The fraction of sp³-hybridized carbons (Fsp3) is 0.100. The van der Waals surface area contributed by atoms with E-state index in [1.165, 1.54) is 11.3 Å². The number of para-hydroxylation sites is 2. The lowest BCUT2D eigenvalue weighted by Gasteiger charge is -2.07. The number of H-pyrrole nitrogens is 1. The predicted molar refractivity (Wildman–Crippen MR) is 105 cm³/mol.